The fraction of sp³-hybridized carbons (Fsp3) is 0.125. The van der Waals surface area contributed by atoms with Crippen molar-refractivity contribution in [2.45, 2.75) is 6.61 Å². The van der Waals surface area contributed by atoms with Gasteiger partial charge in [0.05, 0.1) is 12.0 Å². The van der Waals surface area contributed by atoms with Gasteiger partial charge in [0.25, 0.3) is 0 Å². The Morgan fingerprint density at radius 3 is 2.76 bits per heavy atom. The maximum atomic E-state index is 12.0. The number of hydrogen-bond acceptors (Lipinski definition) is 8. The van der Waals surface area contributed by atoms with Crippen LogP contribution in [0, 0.1) is 10.1 Å². The number of rotatable bonds is 5. The van der Waals surface area contributed by atoms with E-state index in [-0.39, 0.29) is 16.5 Å². The van der Waals surface area contributed by atoms with Crippen LogP contribution in [0.4, 0.5) is 5.00 Å². The first kappa shape index (κ1) is 16.7. The molecule has 0 N–H and O–H groups in total. The van der Waals surface area contributed by atoms with Gasteiger partial charge in [-0.3, -0.25) is 10.1 Å². The van der Waals surface area contributed by atoms with Gasteiger partial charge in [-0.25, -0.2) is 9.59 Å². The highest BCUT2D eigenvalue weighted by molar-refractivity contribution is 7.17. The van der Waals surface area contributed by atoms with Crippen LogP contribution in [0.2, 0.25) is 0 Å². The van der Waals surface area contributed by atoms with E-state index in [9.17, 15) is 19.7 Å². The molecular weight excluding hydrogens is 350 g/mol. The minimum atomic E-state index is -0.701. The Balaban J connectivity index is 1.83. The summed E-state index contributed by atoms with van der Waals surface area (Å²) in [6.07, 6.45) is 0. The van der Waals surface area contributed by atoms with Crippen molar-refractivity contribution in [2.75, 3.05) is 7.11 Å². The van der Waals surface area contributed by atoms with Gasteiger partial charge < -0.3 is 13.9 Å². The Bertz CT molecular complexity index is 1020. The minimum Gasteiger partial charge on any atom is -0.497 e. The number of esters is 1. The molecule has 0 radical (unpaired) electrons. The number of ether oxygens (including phenoxy) is 2. The zero-order chi connectivity index (χ0) is 18.0. The normalized spacial score (nSPS) is 10.6. The number of thiophene rings is 1. The van der Waals surface area contributed by atoms with Crippen LogP contribution in [0.1, 0.15) is 15.2 Å². The molecule has 9 heteroatoms. The lowest BCUT2D eigenvalue weighted by atomic mass is 10.1. The SMILES string of the molecule is COc1ccc2c(COC(=O)c3ccc([N+](=O)[O-])s3)cc(=O)oc2c1. The van der Waals surface area contributed by atoms with Crippen LogP contribution in [-0.4, -0.2) is 18.0 Å². The molecule has 0 atom stereocenters. The van der Waals surface area contributed by atoms with Crippen LogP contribution in [0.15, 0.2) is 45.6 Å². The Morgan fingerprint density at radius 2 is 2.08 bits per heavy atom. The molecule has 2 heterocycles. The number of benzene rings is 1. The van der Waals surface area contributed by atoms with Gasteiger partial charge in [-0.2, -0.15) is 0 Å². The first-order valence-electron chi connectivity index (χ1n) is 7.00. The van der Waals surface area contributed by atoms with Gasteiger partial charge in [0, 0.05) is 29.1 Å². The van der Waals surface area contributed by atoms with Crippen LogP contribution in [0.25, 0.3) is 11.0 Å². The van der Waals surface area contributed by atoms with Crippen molar-refractivity contribution in [3.63, 3.8) is 0 Å². The van der Waals surface area contributed by atoms with Crippen molar-refractivity contribution < 1.29 is 23.6 Å². The maximum Gasteiger partial charge on any atom is 0.348 e. The molecule has 1 aromatic carbocycles. The first-order valence-corrected chi connectivity index (χ1v) is 7.81. The summed E-state index contributed by atoms with van der Waals surface area (Å²) in [5.41, 5.74) is 0.191. The van der Waals surface area contributed by atoms with E-state index < -0.39 is 16.5 Å². The van der Waals surface area contributed by atoms with E-state index in [0.29, 0.717) is 22.3 Å². The van der Waals surface area contributed by atoms with E-state index in [1.165, 1.54) is 25.3 Å². The monoisotopic (exact) mass is 361 g/mol. The summed E-state index contributed by atoms with van der Waals surface area (Å²) in [4.78, 5) is 33.9. The summed E-state index contributed by atoms with van der Waals surface area (Å²) in [7, 11) is 1.49. The fourth-order valence-corrected chi connectivity index (χ4v) is 2.92. The third-order valence-corrected chi connectivity index (χ3v) is 4.39. The molecule has 0 saturated carbocycles. The van der Waals surface area contributed by atoms with Gasteiger partial charge >= 0.3 is 16.6 Å². The van der Waals surface area contributed by atoms with E-state index >= 15 is 0 Å². The zero-order valence-electron chi connectivity index (χ0n) is 12.9. The van der Waals surface area contributed by atoms with Crippen molar-refractivity contribution in [3.05, 3.63) is 67.4 Å². The highest BCUT2D eigenvalue weighted by Gasteiger charge is 2.17. The number of carbonyl (C=O) groups is 1. The van der Waals surface area contributed by atoms with E-state index in [4.69, 9.17) is 13.9 Å². The molecule has 0 spiro atoms. The Hall–Kier alpha value is -3.20. The predicted octanol–water partition coefficient (Wildman–Crippen LogP) is 3.13. The third-order valence-electron chi connectivity index (χ3n) is 3.37. The molecule has 0 bridgehead atoms. The number of carbonyl (C=O) groups excluding carboxylic acids is 1. The smallest absolute Gasteiger partial charge is 0.348 e. The van der Waals surface area contributed by atoms with Crippen LogP contribution >= 0.6 is 11.3 Å². The molecule has 0 unspecified atom stereocenters. The fourth-order valence-electron chi connectivity index (χ4n) is 2.21. The topological polar surface area (TPSA) is 109 Å². The number of methoxy groups -OCH3 is 1. The van der Waals surface area contributed by atoms with Crippen molar-refractivity contribution >= 4 is 33.3 Å². The molecule has 2 aromatic heterocycles. The van der Waals surface area contributed by atoms with Gasteiger partial charge in [0.2, 0.25) is 0 Å². The quantitative estimate of drug-likeness (QED) is 0.297. The Kier molecular flexibility index (Phi) is 4.48. The van der Waals surface area contributed by atoms with Crippen molar-refractivity contribution in [1.82, 2.24) is 0 Å². The lowest BCUT2D eigenvalue weighted by Gasteiger charge is -2.07. The van der Waals surface area contributed by atoms with Crippen LogP contribution in [0.5, 0.6) is 5.75 Å². The molecule has 8 nitrogen and oxygen atoms in total. The molecule has 0 aliphatic heterocycles. The molecule has 0 fully saturated rings. The van der Waals surface area contributed by atoms with E-state index in [2.05, 4.69) is 0 Å². The predicted molar refractivity (Wildman–Crippen MR) is 89.1 cm³/mol. The number of nitro groups is 1. The summed E-state index contributed by atoms with van der Waals surface area (Å²) in [6.45, 7) is -0.168. The van der Waals surface area contributed by atoms with Crippen molar-refractivity contribution in [1.29, 1.82) is 0 Å². The lowest BCUT2D eigenvalue weighted by molar-refractivity contribution is -0.380. The molecular formula is C16H11NO7S. The molecule has 0 aliphatic carbocycles. The standard InChI is InChI=1S/C16H11NO7S/c1-22-10-2-3-11-9(6-15(18)24-12(11)7-10)8-23-16(19)13-4-5-14(25-13)17(20)21/h2-7H,8H2,1H3. The zero-order valence-corrected chi connectivity index (χ0v) is 13.7. The molecule has 0 amide bonds. The maximum absolute atomic E-state index is 12.0. The second kappa shape index (κ2) is 6.73. The van der Waals surface area contributed by atoms with Crippen LogP contribution in [0.3, 0.4) is 0 Å². The van der Waals surface area contributed by atoms with E-state index in [1.807, 2.05) is 0 Å². The molecule has 3 rings (SSSR count). The number of fused-ring (bicyclic) bond motifs is 1. The second-order valence-electron chi connectivity index (χ2n) is 4.92. The molecule has 128 valence electrons. The third kappa shape index (κ3) is 3.50. The first-order chi connectivity index (χ1) is 12.0. The second-order valence-corrected chi connectivity index (χ2v) is 5.99. The molecule has 0 saturated heterocycles. The van der Waals surface area contributed by atoms with Gasteiger partial charge in [-0.1, -0.05) is 11.3 Å². The van der Waals surface area contributed by atoms with Gasteiger partial charge in [-0.15, -0.1) is 0 Å². The summed E-state index contributed by atoms with van der Waals surface area (Å²) >= 11 is 0.726. The lowest BCUT2D eigenvalue weighted by Crippen LogP contribution is -2.06. The number of nitrogens with zero attached hydrogens (tertiary/aromatic N) is 1. The van der Waals surface area contributed by atoms with Crippen molar-refractivity contribution in [2.24, 2.45) is 0 Å². The average Bonchev–Trinajstić information content (AvgIpc) is 3.09. The minimum absolute atomic E-state index is 0.112. The largest absolute Gasteiger partial charge is 0.497 e. The summed E-state index contributed by atoms with van der Waals surface area (Å²) in [6, 6.07) is 8.74. The summed E-state index contributed by atoms with van der Waals surface area (Å²) < 4.78 is 15.4. The van der Waals surface area contributed by atoms with Crippen molar-refractivity contribution in [3.8, 4) is 5.75 Å². The summed E-state index contributed by atoms with van der Waals surface area (Å²) in [5, 5.41) is 11.1. The molecule has 0 aliphatic rings. The number of hydrogen-bond donors (Lipinski definition) is 0. The van der Waals surface area contributed by atoms with E-state index in [1.54, 1.807) is 18.2 Å². The van der Waals surface area contributed by atoms with Gasteiger partial charge in [0.15, 0.2) is 0 Å². The van der Waals surface area contributed by atoms with Crippen LogP contribution < -0.4 is 10.4 Å². The Labute approximate surface area is 144 Å². The highest BCUT2D eigenvalue weighted by Crippen LogP contribution is 2.26. The Morgan fingerprint density at radius 1 is 1.28 bits per heavy atom. The highest BCUT2D eigenvalue weighted by atomic mass is 32.1. The van der Waals surface area contributed by atoms with E-state index in [0.717, 1.165) is 11.3 Å². The van der Waals surface area contributed by atoms with Gasteiger partial charge in [-0.05, 0) is 18.2 Å². The average molecular weight is 361 g/mol. The molecule has 3 aromatic rings. The summed E-state index contributed by atoms with van der Waals surface area (Å²) in [5.74, 6) is -0.177. The molecule has 25 heavy (non-hydrogen) atoms. The van der Waals surface area contributed by atoms with Crippen LogP contribution in [-0.2, 0) is 11.3 Å². The van der Waals surface area contributed by atoms with Gasteiger partial charge in [0.1, 0.15) is 22.8 Å².